The van der Waals surface area contributed by atoms with Crippen LogP contribution < -0.4 is 5.32 Å². The monoisotopic (exact) mass is 260 g/mol. The molecule has 0 fully saturated rings. The van der Waals surface area contributed by atoms with Crippen molar-refractivity contribution in [2.75, 3.05) is 5.32 Å². The number of carboxylic acid groups (broad SMARTS) is 1. The third-order valence-corrected chi connectivity index (χ3v) is 3.19. The SMILES string of the molecule is O=C(O)Nc1cccc(SCc2ccccc2)n1. The van der Waals surface area contributed by atoms with E-state index in [1.54, 1.807) is 23.9 Å². The first-order valence-electron chi connectivity index (χ1n) is 5.38. The van der Waals surface area contributed by atoms with E-state index in [1.165, 1.54) is 5.56 Å². The molecule has 0 saturated carbocycles. The van der Waals surface area contributed by atoms with Crippen molar-refractivity contribution >= 4 is 23.7 Å². The van der Waals surface area contributed by atoms with Gasteiger partial charge in [-0.2, -0.15) is 0 Å². The third-order valence-electron chi connectivity index (χ3n) is 2.19. The molecule has 1 aromatic carbocycles. The fraction of sp³-hybridized carbons (Fsp3) is 0.0769. The van der Waals surface area contributed by atoms with E-state index < -0.39 is 6.09 Å². The van der Waals surface area contributed by atoms with Crippen molar-refractivity contribution in [2.24, 2.45) is 0 Å². The zero-order chi connectivity index (χ0) is 12.8. The summed E-state index contributed by atoms with van der Waals surface area (Å²) in [4.78, 5) is 14.7. The first-order valence-corrected chi connectivity index (χ1v) is 6.36. The van der Waals surface area contributed by atoms with E-state index in [9.17, 15) is 4.79 Å². The van der Waals surface area contributed by atoms with Crippen LogP contribution in [0.25, 0.3) is 0 Å². The average Bonchev–Trinajstić information content (AvgIpc) is 2.37. The van der Waals surface area contributed by atoms with Gasteiger partial charge in [-0.25, -0.2) is 9.78 Å². The van der Waals surface area contributed by atoms with Gasteiger partial charge in [0.1, 0.15) is 5.82 Å². The summed E-state index contributed by atoms with van der Waals surface area (Å²) in [5.74, 6) is 1.16. The zero-order valence-electron chi connectivity index (χ0n) is 9.54. The third kappa shape index (κ3) is 3.78. The second-order valence-corrected chi connectivity index (χ2v) is 4.56. The van der Waals surface area contributed by atoms with Crippen molar-refractivity contribution in [2.45, 2.75) is 10.8 Å². The first kappa shape index (κ1) is 12.4. The Morgan fingerprint density at radius 1 is 1.17 bits per heavy atom. The number of benzene rings is 1. The Bertz CT molecular complexity index is 532. The van der Waals surface area contributed by atoms with Gasteiger partial charge in [-0.1, -0.05) is 36.4 Å². The lowest BCUT2D eigenvalue weighted by molar-refractivity contribution is 0.209. The number of amides is 1. The molecule has 0 bridgehead atoms. The summed E-state index contributed by atoms with van der Waals surface area (Å²) in [6.07, 6.45) is -1.10. The summed E-state index contributed by atoms with van der Waals surface area (Å²) in [5.41, 5.74) is 1.21. The molecule has 2 aromatic rings. The Hall–Kier alpha value is -2.01. The number of nitrogens with one attached hydrogen (secondary N) is 1. The van der Waals surface area contributed by atoms with E-state index in [0.717, 1.165) is 10.8 Å². The van der Waals surface area contributed by atoms with Gasteiger partial charge in [0.2, 0.25) is 0 Å². The summed E-state index contributed by atoms with van der Waals surface area (Å²) < 4.78 is 0. The van der Waals surface area contributed by atoms with Crippen LogP contribution in [0.4, 0.5) is 10.6 Å². The lowest BCUT2D eigenvalue weighted by Crippen LogP contribution is -2.08. The lowest BCUT2D eigenvalue weighted by Gasteiger charge is -2.04. The molecule has 1 aromatic heterocycles. The van der Waals surface area contributed by atoms with Crippen molar-refractivity contribution < 1.29 is 9.90 Å². The van der Waals surface area contributed by atoms with Crippen LogP contribution in [0.5, 0.6) is 0 Å². The normalized spacial score (nSPS) is 10.0. The number of pyridine rings is 1. The molecule has 1 heterocycles. The van der Waals surface area contributed by atoms with Crippen molar-refractivity contribution in [3.8, 4) is 0 Å². The molecule has 2 N–H and O–H groups in total. The predicted octanol–water partition coefficient (Wildman–Crippen LogP) is 3.46. The van der Waals surface area contributed by atoms with Crippen LogP contribution in [0.2, 0.25) is 0 Å². The van der Waals surface area contributed by atoms with E-state index in [2.05, 4.69) is 10.3 Å². The standard InChI is InChI=1S/C13H12N2O2S/c16-13(17)15-11-7-4-8-12(14-11)18-9-10-5-2-1-3-6-10/h1-8H,9H2,(H,14,15)(H,16,17). The second-order valence-electron chi connectivity index (χ2n) is 3.57. The van der Waals surface area contributed by atoms with Crippen LogP contribution >= 0.6 is 11.8 Å². The minimum atomic E-state index is -1.10. The predicted molar refractivity (Wildman–Crippen MR) is 71.9 cm³/mol. The maximum absolute atomic E-state index is 10.5. The van der Waals surface area contributed by atoms with Crippen LogP contribution in [0.1, 0.15) is 5.56 Å². The number of nitrogens with zero attached hydrogens (tertiary/aromatic N) is 1. The maximum Gasteiger partial charge on any atom is 0.410 e. The smallest absolute Gasteiger partial charge is 0.410 e. The first-order chi connectivity index (χ1) is 8.74. The highest BCUT2D eigenvalue weighted by atomic mass is 32.2. The highest BCUT2D eigenvalue weighted by Crippen LogP contribution is 2.21. The Morgan fingerprint density at radius 2 is 1.94 bits per heavy atom. The minimum Gasteiger partial charge on any atom is -0.465 e. The molecule has 0 aliphatic carbocycles. The minimum absolute atomic E-state index is 0.348. The Balaban J connectivity index is 1.99. The molecular weight excluding hydrogens is 248 g/mol. The van der Waals surface area contributed by atoms with Gasteiger partial charge in [0.25, 0.3) is 0 Å². The van der Waals surface area contributed by atoms with E-state index in [-0.39, 0.29) is 0 Å². The molecule has 0 unspecified atom stereocenters. The summed E-state index contributed by atoms with van der Waals surface area (Å²) in [5, 5.41) is 11.6. The average molecular weight is 260 g/mol. The number of hydrogen-bond acceptors (Lipinski definition) is 3. The van der Waals surface area contributed by atoms with Crippen LogP contribution in [-0.4, -0.2) is 16.2 Å². The molecular formula is C13H12N2O2S. The molecule has 92 valence electrons. The summed E-state index contributed by atoms with van der Waals surface area (Å²) in [6.45, 7) is 0. The number of carbonyl (C=O) groups is 1. The molecule has 0 saturated heterocycles. The number of aromatic nitrogens is 1. The van der Waals surface area contributed by atoms with Crippen molar-refractivity contribution in [3.05, 3.63) is 54.1 Å². The summed E-state index contributed by atoms with van der Waals surface area (Å²) in [6, 6.07) is 15.3. The van der Waals surface area contributed by atoms with Crippen molar-refractivity contribution in [1.29, 1.82) is 0 Å². The number of anilines is 1. The van der Waals surface area contributed by atoms with Gasteiger partial charge in [-0.05, 0) is 17.7 Å². The molecule has 0 radical (unpaired) electrons. The summed E-state index contributed by atoms with van der Waals surface area (Å²) in [7, 11) is 0. The fourth-order valence-electron chi connectivity index (χ4n) is 1.41. The highest BCUT2D eigenvalue weighted by molar-refractivity contribution is 7.98. The Labute approximate surface area is 109 Å². The number of hydrogen-bond donors (Lipinski definition) is 2. The summed E-state index contributed by atoms with van der Waals surface area (Å²) >= 11 is 1.57. The molecule has 5 heteroatoms. The Morgan fingerprint density at radius 3 is 2.67 bits per heavy atom. The van der Waals surface area contributed by atoms with Gasteiger partial charge >= 0.3 is 6.09 Å². The molecule has 0 aliphatic rings. The molecule has 0 aliphatic heterocycles. The largest absolute Gasteiger partial charge is 0.465 e. The lowest BCUT2D eigenvalue weighted by atomic mass is 10.2. The van der Waals surface area contributed by atoms with Gasteiger partial charge in [-0.15, -0.1) is 11.8 Å². The number of thioether (sulfide) groups is 1. The molecule has 2 rings (SSSR count). The van der Waals surface area contributed by atoms with E-state index in [1.807, 2.05) is 36.4 Å². The second kappa shape index (κ2) is 6.07. The quantitative estimate of drug-likeness (QED) is 0.826. The van der Waals surface area contributed by atoms with Crippen LogP contribution in [0.3, 0.4) is 0 Å². The van der Waals surface area contributed by atoms with Gasteiger partial charge in [0, 0.05) is 5.75 Å². The highest BCUT2D eigenvalue weighted by Gasteiger charge is 2.02. The molecule has 18 heavy (non-hydrogen) atoms. The van der Waals surface area contributed by atoms with Crippen LogP contribution in [0.15, 0.2) is 53.6 Å². The zero-order valence-corrected chi connectivity index (χ0v) is 10.4. The van der Waals surface area contributed by atoms with Crippen LogP contribution in [-0.2, 0) is 5.75 Å². The molecule has 0 atom stereocenters. The Kier molecular flexibility index (Phi) is 4.20. The molecule has 4 nitrogen and oxygen atoms in total. The van der Waals surface area contributed by atoms with Crippen molar-refractivity contribution in [3.63, 3.8) is 0 Å². The van der Waals surface area contributed by atoms with Crippen LogP contribution in [0, 0.1) is 0 Å². The van der Waals surface area contributed by atoms with E-state index >= 15 is 0 Å². The van der Waals surface area contributed by atoms with Crippen molar-refractivity contribution in [1.82, 2.24) is 4.98 Å². The topological polar surface area (TPSA) is 62.2 Å². The fourth-order valence-corrected chi connectivity index (χ4v) is 2.25. The van der Waals surface area contributed by atoms with E-state index in [4.69, 9.17) is 5.11 Å². The number of rotatable bonds is 4. The maximum atomic E-state index is 10.5. The van der Waals surface area contributed by atoms with Gasteiger partial charge < -0.3 is 5.11 Å². The van der Waals surface area contributed by atoms with Gasteiger partial charge in [0.15, 0.2) is 0 Å². The van der Waals surface area contributed by atoms with Gasteiger partial charge in [0.05, 0.1) is 5.03 Å². The van der Waals surface area contributed by atoms with Gasteiger partial charge in [-0.3, -0.25) is 5.32 Å². The molecule has 0 spiro atoms. The molecule has 1 amide bonds. The van der Waals surface area contributed by atoms with E-state index in [0.29, 0.717) is 5.82 Å².